The number of methoxy groups -OCH3 is 2. The molecule has 17 heavy (non-hydrogen) atoms. The zero-order chi connectivity index (χ0) is 13.1. The molecule has 0 fully saturated rings. The molecule has 96 valence electrons. The van der Waals surface area contributed by atoms with E-state index < -0.39 is 13.0 Å². The Balaban J connectivity index is 3.05. The number of hydrogen-bond donors (Lipinski definition) is 2. The highest BCUT2D eigenvalue weighted by molar-refractivity contribution is 8.06. The molecule has 0 aliphatic heterocycles. The van der Waals surface area contributed by atoms with Crippen molar-refractivity contribution in [2.75, 3.05) is 14.2 Å². The van der Waals surface area contributed by atoms with Crippen molar-refractivity contribution in [3.63, 3.8) is 0 Å². The minimum atomic E-state index is -3.81. The third kappa shape index (κ3) is 4.63. The van der Waals surface area contributed by atoms with Gasteiger partial charge in [-0.1, -0.05) is 0 Å². The number of hydrogen-bond acceptors (Lipinski definition) is 6. The van der Waals surface area contributed by atoms with Gasteiger partial charge in [-0.05, 0) is 6.92 Å². The molecular weight excluding hydrogens is 267 g/mol. The lowest BCUT2D eigenvalue weighted by Crippen LogP contribution is -2.10. The Labute approximate surface area is 104 Å². The largest absolute Gasteiger partial charge is 0.406 e. The molecule has 0 saturated carbocycles. The maximum atomic E-state index is 9.04. The van der Waals surface area contributed by atoms with Crippen LogP contribution >= 0.6 is 6.72 Å². The van der Waals surface area contributed by atoms with Crippen LogP contribution in [0.15, 0.2) is 6.07 Å². The summed E-state index contributed by atoms with van der Waals surface area (Å²) in [6.45, 7) is -2.12. The zero-order valence-electron chi connectivity index (χ0n) is 9.52. The summed E-state index contributed by atoms with van der Waals surface area (Å²) in [6.07, 6.45) is -0.757. The highest BCUT2D eigenvalue weighted by Gasteiger charge is 2.17. The van der Waals surface area contributed by atoms with Crippen LogP contribution in [0.1, 0.15) is 17.8 Å². The van der Waals surface area contributed by atoms with Gasteiger partial charge in [-0.3, -0.25) is 0 Å². The molecule has 0 aliphatic carbocycles. The van der Waals surface area contributed by atoms with E-state index in [0.717, 1.165) is 0 Å². The summed E-state index contributed by atoms with van der Waals surface area (Å²) < 4.78 is 14.7. The van der Waals surface area contributed by atoms with Gasteiger partial charge in [0, 0.05) is 37.8 Å². The molecule has 1 heterocycles. The Morgan fingerprint density at radius 3 is 2.35 bits per heavy atom. The molecule has 0 bridgehead atoms. The Morgan fingerprint density at radius 2 is 1.88 bits per heavy atom. The molecule has 0 unspecified atom stereocenters. The van der Waals surface area contributed by atoms with E-state index in [1.54, 1.807) is 6.92 Å². The predicted octanol–water partition coefficient (Wildman–Crippen LogP) is 0.664. The molecule has 0 amide bonds. The summed E-state index contributed by atoms with van der Waals surface area (Å²) >= 11 is 4.35. The van der Waals surface area contributed by atoms with Gasteiger partial charge in [-0.15, -0.1) is 0 Å². The van der Waals surface area contributed by atoms with Crippen LogP contribution in [0.4, 0.5) is 0 Å². The fraction of sp³-hybridized carbons (Fsp3) is 0.500. The summed E-state index contributed by atoms with van der Waals surface area (Å²) in [6, 6.07) is 1.43. The lowest BCUT2D eigenvalue weighted by Gasteiger charge is -2.14. The molecule has 1 aromatic rings. The van der Waals surface area contributed by atoms with Gasteiger partial charge in [0.25, 0.3) is 0 Å². The number of nitrogens with zero attached hydrogens (tertiary/aromatic N) is 2. The van der Waals surface area contributed by atoms with E-state index in [-0.39, 0.29) is 11.7 Å². The fourth-order valence-electron chi connectivity index (χ4n) is 1.14. The van der Waals surface area contributed by atoms with Gasteiger partial charge in [-0.2, -0.15) is 4.98 Å². The molecule has 0 atom stereocenters. The van der Waals surface area contributed by atoms with Crippen molar-refractivity contribution >= 4 is 18.5 Å². The number of aromatic nitrogens is 2. The molecule has 7 nitrogen and oxygen atoms in total. The van der Waals surface area contributed by atoms with E-state index in [9.17, 15) is 0 Å². The molecule has 0 aromatic carbocycles. The van der Waals surface area contributed by atoms with E-state index in [1.807, 2.05) is 0 Å². The molecule has 0 spiro atoms. The van der Waals surface area contributed by atoms with Gasteiger partial charge in [0.05, 0.1) is 0 Å². The molecule has 0 radical (unpaired) electrons. The highest BCUT2D eigenvalue weighted by atomic mass is 32.5. The molecule has 9 heteroatoms. The summed E-state index contributed by atoms with van der Waals surface area (Å²) in [5, 5.41) is 0. The first kappa shape index (κ1) is 14.4. The van der Waals surface area contributed by atoms with E-state index in [0.29, 0.717) is 5.69 Å². The molecule has 1 rings (SSSR count). The standard InChI is InChI=1S/C8H13N2O5PS/c1-5-4-6(15-16(11,12)17)10-7(9-5)8(13-2)14-3/h4,8H,1-3H3,(H2,11,12,17). The first-order valence-electron chi connectivity index (χ1n) is 4.52. The van der Waals surface area contributed by atoms with Crippen LogP contribution in [0.3, 0.4) is 0 Å². The minimum Gasteiger partial charge on any atom is -0.406 e. The van der Waals surface area contributed by atoms with Crippen molar-refractivity contribution in [2.45, 2.75) is 13.2 Å². The van der Waals surface area contributed by atoms with Crippen molar-refractivity contribution < 1.29 is 23.8 Å². The van der Waals surface area contributed by atoms with Crippen LogP contribution in [0.5, 0.6) is 5.88 Å². The first-order valence-corrected chi connectivity index (χ1v) is 7.14. The third-order valence-corrected chi connectivity index (χ3v) is 2.35. The lowest BCUT2D eigenvalue weighted by atomic mass is 10.4. The van der Waals surface area contributed by atoms with Crippen LogP contribution in [-0.4, -0.2) is 34.0 Å². The van der Waals surface area contributed by atoms with Gasteiger partial charge in [0.1, 0.15) is 0 Å². The van der Waals surface area contributed by atoms with Crippen molar-refractivity contribution in [1.82, 2.24) is 9.97 Å². The quantitative estimate of drug-likeness (QED) is 0.600. The van der Waals surface area contributed by atoms with E-state index in [1.165, 1.54) is 20.3 Å². The van der Waals surface area contributed by atoms with Crippen molar-refractivity contribution in [3.8, 4) is 5.88 Å². The molecular formula is C8H13N2O5PS. The Morgan fingerprint density at radius 1 is 1.29 bits per heavy atom. The summed E-state index contributed by atoms with van der Waals surface area (Å²) in [4.78, 5) is 26.1. The number of rotatable bonds is 5. The van der Waals surface area contributed by atoms with Gasteiger partial charge in [0.2, 0.25) is 12.2 Å². The molecule has 0 aliphatic rings. The maximum Gasteiger partial charge on any atom is 0.376 e. The summed E-state index contributed by atoms with van der Waals surface area (Å²) in [5.74, 6) is 0.188. The summed E-state index contributed by atoms with van der Waals surface area (Å²) in [5.41, 5.74) is 0.563. The second-order valence-electron chi connectivity index (χ2n) is 3.09. The van der Waals surface area contributed by atoms with Crippen LogP contribution in [0.2, 0.25) is 0 Å². The predicted molar refractivity (Wildman–Crippen MR) is 62.9 cm³/mol. The fourth-order valence-corrected chi connectivity index (χ4v) is 1.71. The van der Waals surface area contributed by atoms with Crippen molar-refractivity contribution in [1.29, 1.82) is 0 Å². The maximum absolute atomic E-state index is 9.04. The SMILES string of the molecule is COC(OC)c1nc(C)cc(OP(O)(O)=S)n1. The number of ether oxygens (including phenoxy) is 2. The Bertz CT molecular complexity index is 434. The topological polar surface area (TPSA) is 93.9 Å². The summed E-state index contributed by atoms with van der Waals surface area (Å²) in [7, 11) is 2.87. The van der Waals surface area contributed by atoms with Crippen molar-refractivity contribution in [3.05, 3.63) is 17.6 Å². The first-order chi connectivity index (χ1) is 7.85. The molecule has 2 N–H and O–H groups in total. The van der Waals surface area contributed by atoms with Gasteiger partial charge >= 0.3 is 6.72 Å². The molecule has 0 saturated heterocycles. The van der Waals surface area contributed by atoms with Crippen LogP contribution in [0, 0.1) is 6.92 Å². The van der Waals surface area contributed by atoms with Crippen molar-refractivity contribution in [2.24, 2.45) is 0 Å². The zero-order valence-corrected chi connectivity index (χ0v) is 11.2. The van der Waals surface area contributed by atoms with Gasteiger partial charge < -0.3 is 23.8 Å². The number of aryl methyl sites for hydroxylation is 1. The normalized spacial score (nSPS) is 11.9. The average Bonchev–Trinajstić information content (AvgIpc) is 2.15. The Hall–Kier alpha value is -0.630. The second-order valence-corrected chi connectivity index (χ2v) is 5.68. The monoisotopic (exact) mass is 280 g/mol. The van der Waals surface area contributed by atoms with Crippen LogP contribution in [0.25, 0.3) is 0 Å². The third-order valence-electron chi connectivity index (χ3n) is 1.70. The smallest absolute Gasteiger partial charge is 0.376 e. The van der Waals surface area contributed by atoms with E-state index in [2.05, 4.69) is 21.8 Å². The Kier molecular flexibility index (Phi) is 4.93. The van der Waals surface area contributed by atoms with E-state index in [4.69, 9.17) is 23.8 Å². The second kappa shape index (κ2) is 5.81. The van der Waals surface area contributed by atoms with Gasteiger partial charge in [-0.25, -0.2) is 4.98 Å². The minimum absolute atomic E-state index is 0.0278. The average molecular weight is 280 g/mol. The van der Waals surface area contributed by atoms with Gasteiger partial charge in [0.15, 0.2) is 5.82 Å². The van der Waals surface area contributed by atoms with E-state index >= 15 is 0 Å². The van der Waals surface area contributed by atoms with Crippen LogP contribution in [-0.2, 0) is 21.3 Å². The van der Waals surface area contributed by atoms with Crippen LogP contribution < -0.4 is 4.52 Å². The lowest BCUT2D eigenvalue weighted by molar-refractivity contribution is -0.111. The highest BCUT2D eigenvalue weighted by Crippen LogP contribution is 2.37. The molecule has 1 aromatic heterocycles.